The van der Waals surface area contributed by atoms with Gasteiger partial charge < -0.3 is 9.84 Å². The summed E-state index contributed by atoms with van der Waals surface area (Å²) in [6.07, 6.45) is 4.19. The van der Waals surface area contributed by atoms with E-state index in [1.165, 1.54) is 24.4 Å². The van der Waals surface area contributed by atoms with Gasteiger partial charge in [0.2, 0.25) is 0 Å². The topological polar surface area (TPSA) is 77.2 Å². The number of halogens is 1. The lowest BCUT2D eigenvalue weighted by Gasteiger charge is -2.36. The molecule has 1 N–H and O–H groups in total. The summed E-state index contributed by atoms with van der Waals surface area (Å²) in [7, 11) is 1.29. The summed E-state index contributed by atoms with van der Waals surface area (Å²) in [4.78, 5) is 14.7. The number of aliphatic hydroxyl groups is 1. The van der Waals surface area contributed by atoms with Crippen LogP contribution in [0.4, 0.5) is 0 Å². The smallest absolute Gasteiger partial charge is 0.311 e. The zero-order valence-corrected chi connectivity index (χ0v) is 11.1. The van der Waals surface area contributed by atoms with Crippen molar-refractivity contribution in [3.05, 3.63) is 12.7 Å². The van der Waals surface area contributed by atoms with Crippen molar-refractivity contribution in [3.63, 3.8) is 0 Å². The molecule has 0 radical (unpaired) electrons. The van der Waals surface area contributed by atoms with E-state index in [1.807, 2.05) is 0 Å². The first kappa shape index (κ1) is 13.3. The Kier molecular flexibility index (Phi) is 3.33. The van der Waals surface area contributed by atoms with E-state index in [2.05, 4.69) is 10.1 Å². The van der Waals surface area contributed by atoms with E-state index in [0.717, 1.165) is 0 Å². The van der Waals surface area contributed by atoms with Crippen LogP contribution < -0.4 is 0 Å². The van der Waals surface area contributed by atoms with E-state index in [9.17, 15) is 9.90 Å². The van der Waals surface area contributed by atoms with Gasteiger partial charge in [0.1, 0.15) is 18.3 Å². The average Bonchev–Trinajstić information content (AvgIpc) is 2.92. The van der Waals surface area contributed by atoms with Crippen LogP contribution in [0.5, 0.6) is 0 Å². The molecule has 2 atom stereocenters. The highest BCUT2D eigenvalue weighted by molar-refractivity contribution is 6.27. The highest BCUT2D eigenvalue weighted by atomic mass is 35.5. The van der Waals surface area contributed by atoms with Crippen LogP contribution in [0.25, 0.3) is 0 Å². The third-order valence-electron chi connectivity index (χ3n) is 3.61. The Morgan fingerprint density at radius 3 is 2.83 bits per heavy atom. The van der Waals surface area contributed by atoms with Crippen molar-refractivity contribution in [1.29, 1.82) is 0 Å². The Bertz CT molecular complexity index is 433. The molecular weight excluding hydrogens is 258 g/mol. The van der Waals surface area contributed by atoms with Crippen molar-refractivity contribution in [2.24, 2.45) is 5.92 Å². The van der Waals surface area contributed by atoms with Crippen molar-refractivity contribution >= 4 is 17.6 Å². The summed E-state index contributed by atoms with van der Waals surface area (Å²) in [6, 6.07) is 0. The van der Waals surface area contributed by atoms with Gasteiger partial charge in [0.05, 0.1) is 24.4 Å². The minimum atomic E-state index is -1.39. The molecule has 0 aliphatic heterocycles. The highest BCUT2D eigenvalue weighted by Gasteiger charge is 2.62. The largest absolute Gasteiger partial charge is 0.469 e. The quantitative estimate of drug-likeness (QED) is 0.628. The first-order valence-electron chi connectivity index (χ1n) is 5.74. The molecule has 18 heavy (non-hydrogen) atoms. The Labute approximate surface area is 110 Å². The number of rotatable bonds is 5. The SMILES string of the molecule is COC(=O)C(C)C(O)(Cn1cncn1)C1(Cl)CC1. The summed E-state index contributed by atoms with van der Waals surface area (Å²) >= 11 is 6.35. The normalized spacial score (nSPS) is 22.0. The van der Waals surface area contributed by atoms with Crippen LogP contribution in [0, 0.1) is 5.92 Å². The maximum Gasteiger partial charge on any atom is 0.311 e. The van der Waals surface area contributed by atoms with Gasteiger partial charge in [-0.25, -0.2) is 9.67 Å². The minimum Gasteiger partial charge on any atom is -0.469 e. The molecule has 1 heterocycles. The molecule has 1 saturated carbocycles. The number of hydrogen-bond donors (Lipinski definition) is 1. The zero-order valence-electron chi connectivity index (χ0n) is 10.3. The molecule has 1 aromatic heterocycles. The second-order valence-corrected chi connectivity index (χ2v) is 5.45. The molecule has 6 nitrogen and oxygen atoms in total. The maximum atomic E-state index is 11.7. The summed E-state index contributed by atoms with van der Waals surface area (Å²) < 4.78 is 6.17. The number of hydrogen-bond acceptors (Lipinski definition) is 5. The fourth-order valence-electron chi connectivity index (χ4n) is 2.14. The molecule has 100 valence electrons. The summed E-state index contributed by atoms with van der Waals surface area (Å²) in [5.74, 6) is -1.21. The van der Waals surface area contributed by atoms with Crippen LogP contribution in [0.15, 0.2) is 12.7 Å². The monoisotopic (exact) mass is 273 g/mol. The summed E-state index contributed by atoms with van der Waals surface area (Å²) in [6.45, 7) is 1.73. The molecule has 1 fully saturated rings. The Hall–Kier alpha value is -1.14. The van der Waals surface area contributed by atoms with Gasteiger partial charge in [-0.1, -0.05) is 0 Å². The standard InChI is InChI=1S/C11H16ClN3O3/c1-8(9(16)18-2)11(17,10(12)3-4-10)5-15-7-13-6-14-15/h6-8,17H,3-5H2,1-2H3. The van der Waals surface area contributed by atoms with E-state index in [0.29, 0.717) is 12.8 Å². The van der Waals surface area contributed by atoms with Crippen LogP contribution >= 0.6 is 11.6 Å². The van der Waals surface area contributed by atoms with E-state index >= 15 is 0 Å². The van der Waals surface area contributed by atoms with Gasteiger partial charge in [0.25, 0.3) is 0 Å². The van der Waals surface area contributed by atoms with Gasteiger partial charge in [-0.15, -0.1) is 11.6 Å². The van der Waals surface area contributed by atoms with E-state index < -0.39 is 22.4 Å². The summed E-state index contributed by atoms with van der Waals surface area (Å²) in [5, 5.41) is 14.8. The Morgan fingerprint density at radius 1 is 1.72 bits per heavy atom. The van der Waals surface area contributed by atoms with Crippen LogP contribution in [-0.4, -0.2) is 43.4 Å². The van der Waals surface area contributed by atoms with Crippen molar-refractivity contribution in [2.45, 2.75) is 36.8 Å². The van der Waals surface area contributed by atoms with Crippen LogP contribution in [0.3, 0.4) is 0 Å². The lowest BCUT2D eigenvalue weighted by Crippen LogP contribution is -2.53. The van der Waals surface area contributed by atoms with Crippen molar-refractivity contribution in [1.82, 2.24) is 14.8 Å². The molecule has 0 amide bonds. The van der Waals surface area contributed by atoms with Crippen molar-refractivity contribution < 1.29 is 14.6 Å². The molecule has 0 saturated heterocycles. The number of esters is 1. The molecule has 2 rings (SSSR count). The number of methoxy groups -OCH3 is 1. The third-order valence-corrected chi connectivity index (χ3v) is 4.31. The van der Waals surface area contributed by atoms with Gasteiger partial charge >= 0.3 is 5.97 Å². The second kappa shape index (κ2) is 4.51. The van der Waals surface area contributed by atoms with Crippen LogP contribution in [0.1, 0.15) is 19.8 Å². The lowest BCUT2D eigenvalue weighted by atomic mass is 9.83. The Morgan fingerprint density at radius 2 is 2.39 bits per heavy atom. The number of alkyl halides is 1. The third kappa shape index (κ3) is 2.10. The zero-order chi connectivity index (χ0) is 13.4. The first-order chi connectivity index (χ1) is 8.43. The predicted molar refractivity (Wildman–Crippen MR) is 64.0 cm³/mol. The van der Waals surface area contributed by atoms with Gasteiger partial charge in [-0.2, -0.15) is 5.10 Å². The maximum absolute atomic E-state index is 11.7. The first-order valence-corrected chi connectivity index (χ1v) is 6.12. The molecule has 1 aliphatic rings. The number of carbonyl (C=O) groups is 1. The number of ether oxygens (including phenoxy) is 1. The molecule has 1 aromatic rings. The molecule has 0 spiro atoms. The van der Waals surface area contributed by atoms with Gasteiger partial charge in [0.15, 0.2) is 0 Å². The van der Waals surface area contributed by atoms with E-state index in [4.69, 9.17) is 16.3 Å². The van der Waals surface area contributed by atoms with Crippen molar-refractivity contribution in [2.75, 3.05) is 7.11 Å². The van der Waals surface area contributed by atoms with Gasteiger partial charge in [-0.3, -0.25) is 4.79 Å². The Balaban J connectivity index is 2.26. The van der Waals surface area contributed by atoms with Crippen molar-refractivity contribution in [3.8, 4) is 0 Å². The van der Waals surface area contributed by atoms with Gasteiger partial charge in [0, 0.05) is 0 Å². The molecule has 0 bridgehead atoms. The molecule has 0 aromatic carbocycles. The fraction of sp³-hybridized carbons (Fsp3) is 0.727. The number of nitrogens with zero attached hydrogens (tertiary/aromatic N) is 3. The number of aromatic nitrogens is 3. The lowest BCUT2D eigenvalue weighted by molar-refractivity contribution is -0.157. The predicted octanol–water partition coefficient (Wildman–Crippen LogP) is 0.590. The molecule has 2 unspecified atom stereocenters. The highest BCUT2D eigenvalue weighted by Crippen LogP contribution is 2.54. The van der Waals surface area contributed by atoms with Crippen LogP contribution in [-0.2, 0) is 16.1 Å². The van der Waals surface area contributed by atoms with E-state index in [-0.39, 0.29) is 6.54 Å². The van der Waals surface area contributed by atoms with E-state index in [1.54, 1.807) is 6.92 Å². The number of carbonyl (C=O) groups excluding carboxylic acids is 1. The second-order valence-electron chi connectivity index (χ2n) is 4.73. The fourth-order valence-corrected chi connectivity index (χ4v) is 2.46. The van der Waals surface area contributed by atoms with Crippen LogP contribution in [0.2, 0.25) is 0 Å². The minimum absolute atomic E-state index is 0.118. The van der Waals surface area contributed by atoms with Gasteiger partial charge in [-0.05, 0) is 19.8 Å². The average molecular weight is 274 g/mol. The summed E-state index contributed by atoms with van der Waals surface area (Å²) in [5.41, 5.74) is -1.39. The molecule has 7 heteroatoms. The molecule has 1 aliphatic carbocycles. The molecular formula is C11H16ClN3O3.